The van der Waals surface area contributed by atoms with Crippen molar-refractivity contribution in [2.75, 3.05) is 0 Å². The summed E-state index contributed by atoms with van der Waals surface area (Å²) in [7, 11) is 0. The molecule has 1 aliphatic rings. The first-order chi connectivity index (χ1) is 17.1. The average Bonchev–Trinajstić information content (AvgIpc) is 3.33. The third-order valence-electron chi connectivity index (χ3n) is 6.28. The van der Waals surface area contributed by atoms with Crippen molar-refractivity contribution in [2.24, 2.45) is 0 Å². The second-order valence-electron chi connectivity index (χ2n) is 8.41. The lowest BCUT2D eigenvalue weighted by atomic mass is 9.91. The average molecular weight is 558 g/mol. The van der Waals surface area contributed by atoms with E-state index in [4.69, 9.17) is 0 Å². The molecule has 2 heterocycles. The molecule has 0 radical (unpaired) electrons. The van der Waals surface area contributed by atoms with E-state index in [9.17, 15) is 29.0 Å². The number of hydrogen-bond donors (Lipinski definition) is 0. The lowest BCUT2D eigenvalue weighted by Crippen LogP contribution is -2.48. The van der Waals surface area contributed by atoms with Crippen molar-refractivity contribution in [1.82, 2.24) is 0 Å². The molecule has 0 saturated carbocycles. The Morgan fingerprint density at radius 1 is 0.676 bits per heavy atom. The van der Waals surface area contributed by atoms with Gasteiger partial charge >= 0.3 is 17.8 Å². The van der Waals surface area contributed by atoms with Crippen LogP contribution in [0.25, 0.3) is 31.3 Å². The van der Waals surface area contributed by atoms with Crippen LogP contribution in [-0.2, 0) is 0 Å². The Hall–Kier alpha value is -3.52. The Bertz CT molecular complexity index is 1580. The van der Waals surface area contributed by atoms with Crippen LogP contribution in [0.2, 0.25) is 0 Å². The molecule has 5 rings (SSSR count). The lowest BCUT2D eigenvalue weighted by molar-refractivity contribution is -0.384. The second kappa shape index (κ2) is 7.74. The van der Waals surface area contributed by atoms with Crippen molar-refractivity contribution in [3.05, 3.63) is 77.5 Å². The maximum absolute atomic E-state index is 15.5. The van der Waals surface area contributed by atoms with Gasteiger partial charge in [-0.2, -0.15) is 26.3 Å². The van der Waals surface area contributed by atoms with Crippen molar-refractivity contribution < 1.29 is 36.2 Å². The van der Waals surface area contributed by atoms with E-state index in [2.05, 4.69) is 0 Å². The van der Waals surface area contributed by atoms with Crippen molar-refractivity contribution in [3.8, 4) is 0 Å². The van der Waals surface area contributed by atoms with Gasteiger partial charge < -0.3 is 0 Å². The predicted octanol–water partition coefficient (Wildman–Crippen LogP) is 8.38. The largest absolute Gasteiger partial charge is 0.380 e. The molecule has 192 valence electrons. The minimum absolute atomic E-state index is 0.0284. The SMILES string of the molecule is Cc1sc2ccc([N+](=O)[O-])cc2c1C1=C(c2c(C)sc3ccc([N+](=O)[O-])cc23)C(F)(F)C(F)(F)C1(F)F. The van der Waals surface area contributed by atoms with Crippen molar-refractivity contribution in [1.29, 1.82) is 0 Å². The molecule has 2 aromatic carbocycles. The number of halogens is 6. The van der Waals surface area contributed by atoms with Gasteiger partial charge in [-0.1, -0.05) is 0 Å². The summed E-state index contributed by atoms with van der Waals surface area (Å²) in [6.45, 7) is 2.54. The van der Waals surface area contributed by atoms with Crippen LogP contribution in [0.5, 0.6) is 0 Å². The van der Waals surface area contributed by atoms with Gasteiger partial charge in [0.1, 0.15) is 0 Å². The van der Waals surface area contributed by atoms with Crippen LogP contribution < -0.4 is 0 Å². The Morgan fingerprint density at radius 2 is 1.03 bits per heavy atom. The molecule has 0 fully saturated rings. The van der Waals surface area contributed by atoms with Crippen LogP contribution in [0.15, 0.2) is 36.4 Å². The number of rotatable bonds is 4. The van der Waals surface area contributed by atoms with Gasteiger partial charge in [0.25, 0.3) is 11.4 Å². The van der Waals surface area contributed by atoms with Crippen LogP contribution in [0.3, 0.4) is 0 Å². The van der Waals surface area contributed by atoms with Crippen molar-refractivity contribution in [2.45, 2.75) is 31.6 Å². The normalized spacial score (nSPS) is 18.2. The van der Waals surface area contributed by atoms with Gasteiger partial charge in [-0.15, -0.1) is 22.7 Å². The number of allylic oxidation sites excluding steroid dienone is 2. The first-order valence-electron chi connectivity index (χ1n) is 10.4. The van der Waals surface area contributed by atoms with E-state index in [0.29, 0.717) is 0 Å². The standard InChI is InChI=1S/C23H12F6N2O4S2/c1-9-17(13-7-11(30(32)33)3-5-15(13)36-9)19-20(22(26,27)23(28,29)21(19,24)25)18-10(2)37-16-6-4-12(31(34)35)8-14(16)18/h3-8H,1-2H3. The molecular formula is C23H12F6N2O4S2. The molecule has 6 nitrogen and oxygen atoms in total. The zero-order valence-corrected chi connectivity index (χ0v) is 20.2. The highest BCUT2D eigenvalue weighted by atomic mass is 32.1. The van der Waals surface area contributed by atoms with Crippen molar-refractivity contribution in [3.63, 3.8) is 0 Å². The fraction of sp³-hybridized carbons (Fsp3) is 0.217. The van der Waals surface area contributed by atoms with Gasteiger partial charge in [-0.05, 0) is 26.0 Å². The zero-order valence-electron chi connectivity index (χ0n) is 18.6. The number of nitro groups is 2. The number of benzene rings is 2. The summed E-state index contributed by atoms with van der Waals surface area (Å²) in [5.74, 6) is -16.6. The summed E-state index contributed by atoms with van der Waals surface area (Å²) in [5.41, 5.74) is -5.68. The molecule has 0 spiro atoms. The number of nitrogens with zero attached hydrogens (tertiary/aromatic N) is 2. The maximum Gasteiger partial charge on any atom is 0.380 e. The van der Waals surface area contributed by atoms with E-state index in [0.717, 1.165) is 46.9 Å². The second-order valence-corrected chi connectivity index (χ2v) is 10.9. The number of nitro benzene ring substituents is 2. The molecule has 14 heteroatoms. The van der Waals surface area contributed by atoms with Gasteiger partial charge in [0.05, 0.1) is 9.85 Å². The summed E-state index contributed by atoms with van der Waals surface area (Å²) in [4.78, 5) is 20.9. The summed E-state index contributed by atoms with van der Waals surface area (Å²) >= 11 is 1.67. The lowest BCUT2D eigenvalue weighted by Gasteiger charge is -2.26. The Balaban J connectivity index is 1.99. The van der Waals surface area contributed by atoms with E-state index in [1.54, 1.807) is 0 Å². The third-order valence-corrected chi connectivity index (χ3v) is 8.46. The van der Waals surface area contributed by atoms with E-state index >= 15 is 17.6 Å². The van der Waals surface area contributed by atoms with Gasteiger partial charge in [0, 0.05) is 76.5 Å². The minimum Gasteiger partial charge on any atom is -0.258 e. The predicted molar refractivity (Wildman–Crippen MR) is 128 cm³/mol. The Kier molecular flexibility index (Phi) is 5.26. The molecule has 0 atom stereocenters. The molecule has 2 aromatic heterocycles. The quantitative estimate of drug-likeness (QED) is 0.143. The van der Waals surface area contributed by atoms with Gasteiger partial charge in [-0.25, -0.2) is 0 Å². The minimum atomic E-state index is -5.85. The van der Waals surface area contributed by atoms with E-state index in [-0.39, 0.29) is 29.9 Å². The van der Waals surface area contributed by atoms with Crippen LogP contribution >= 0.6 is 22.7 Å². The Labute approximate surface area is 210 Å². The topological polar surface area (TPSA) is 86.3 Å². The van der Waals surface area contributed by atoms with Gasteiger partial charge in [0.15, 0.2) is 0 Å². The molecule has 4 aromatic rings. The van der Waals surface area contributed by atoms with Crippen LogP contribution in [0, 0.1) is 34.1 Å². The van der Waals surface area contributed by atoms with Gasteiger partial charge in [-0.3, -0.25) is 20.2 Å². The first-order valence-corrected chi connectivity index (χ1v) is 12.0. The summed E-state index contributed by atoms with van der Waals surface area (Å²) in [6, 6.07) is 6.39. The third kappa shape index (κ3) is 3.24. The zero-order chi connectivity index (χ0) is 27.2. The van der Waals surface area contributed by atoms with E-state index in [1.807, 2.05) is 0 Å². The summed E-state index contributed by atoms with van der Waals surface area (Å²) in [5, 5.41) is 22.1. The maximum atomic E-state index is 15.5. The number of thiophene rings is 2. The number of fused-ring (bicyclic) bond motifs is 2. The first kappa shape index (κ1) is 25.1. The monoisotopic (exact) mass is 558 g/mol. The van der Waals surface area contributed by atoms with E-state index < -0.39 is 61.3 Å². The van der Waals surface area contributed by atoms with Crippen LogP contribution in [-0.4, -0.2) is 27.6 Å². The summed E-state index contributed by atoms with van der Waals surface area (Å²) < 4.78 is 92.1. The van der Waals surface area contributed by atoms with Crippen molar-refractivity contribution >= 4 is 65.4 Å². The van der Waals surface area contributed by atoms with Crippen LogP contribution in [0.1, 0.15) is 20.9 Å². The number of alkyl halides is 6. The molecule has 0 amide bonds. The molecule has 0 saturated heterocycles. The molecule has 0 aliphatic heterocycles. The molecule has 37 heavy (non-hydrogen) atoms. The van der Waals surface area contributed by atoms with E-state index in [1.165, 1.54) is 26.0 Å². The fourth-order valence-corrected chi connectivity index (χ4v) is 6.76. The number of non-ortho nitro benzene ring substituents is 2. The highest BCUT2D eigenvalue weighted by Crippen LogP contribution is 2.67. The molecular weight excluding hydrogens is 546 g/mol. The summed E-state index contributed by atoms with van der Waals surface area (Å²) in [6.07, 6.45) is 0. The van der Waals surface area contributed by atoms with Crippen LogP contribution in [0.4, 0.5) is 37.7 Å². The molecule has 0 unspecified atom stereocenters. The number of aryl methyl sites for hydroxylation is 2. The Morgan fingerprint density at radius 3 is 1.35 bits per heavy atom. The smallest absolute Gasteiger partial charge is 0.258 e. The van der Waals surface area contributed by atoms with Gasteiger partial charge in [0.2, 0.25) is 0 Å². The fourth-order valence-electron chi connectivity index (χ4n) is 4.65. The molecule has 1 aliphatic carbocycles. The highest BCUT2D eigenvalue weighted by Gasteiger charge is 2.80. The highest BCUT2D eigenvalue weighted by molar-refractivity contribution is 7.19. The molecule has 0 N–H and O–H groups in total. The molecule has 0 bridgehead atoms. The number of hydrogen-bond acceptors (Lipinski definition) is 6.